The van der Waals surface area contributed by atoms with E-state index in [1.807, 2.05) is 57.2 Å². The summed E-state index contributed by atoms with van der Waals surface area (Å²) in [6.45, 7) is 10.1. The number of anilines is 1. The van der Waals surface area contributed by atoms with Crippen molar-refractivity contribution in [1.82, 2.24) is 5.32 Å². The Bertz CT molecular complexity index is 1440. The van der Waals surface area contributed by atoms with Gasteiger partial charge in [0.1, 0.15) is 17.9 Å². The quantitative estimate of drug-likeness (QED) is 0.208. The summed E-state index contributed by atoms with van der Waals surface area (Å²) in [5.41, 5.74) is 5.89. The number of nitrogens with one attached hydrogen (secondary N) is 1. The molecule has 1 N–H and O–H groups in total. The van der Waals surface area contributed by atoms with E-state index in [0.717, 1.165) is 27.2 Å². The molecule has 1 fully saturated rings. The summed E-state index contributed by atoms with van der Waals surface area (Å²) in [6.07, 6.45) is 3.77. The van der Waals surface area contributed by atoms with Gasteiger partial charge >= 0.3 is 6.03 Å². The number of urea groups is 1. The minimum Gasteiger partial charge on any atom is -0.487 e. The number of allylic oxidation sites excluding steroid dienone is 1. The molecule has 0 bridgehead atoms. The zero-order chi connectivity index (χ0) is 26.7. The Morgan fingerprint density at radius 1 is 0.973 bits per heavy atom. The summed E-state index contributed by atoms with van der Waals surface area (Å²) >= 11 is 3.58. The molecule has 1 aliphatic rings. The van der Waals surface area contributed by atoms with Crippen molar-refractivity contribution in [3.8, 4) is 5.75 Å². The first kappa shape index (κ1) is 26.1. The third kappa shape index (κ3) is 5.73. The Kier molecular flexibility index (Phi) is 7.74. The highest BCUT2D eigenvalue weighted by Crippen LogP contribution is 2.34. The first-order valence-corrected chi connectivity index (χ1v) is 12.6. The van der Waals surface area contributed by atoms with E-state index in [2.05, 4.69) is 27.8 Å². The maximum Gasteiger partial charge on any atom is 0.335 e. The van der Waals surface area contributed by atoms with E-state index in [-0.39, 0.29) is 5.57 Å². The zero-order valence-electron chi connectivity index (χ0n) is 20.9. The van der Waals surface area contributed by atoms with Crippen molar-refractivity contribution in [3.63, 3.8) is 0 Å². The fourth-order valence-electron chi connectivity index (χ4n) is 3.99. The van der Waals surface area contributed by atoms with E-state index in [1.54, 1.807) is 24.3 Å². The second-order valence-electron chi connectivity index (χ2n) is 8.98. The highest BCUT2D eigenvalue weighted by Gasteiger charge is 2.37. The zero-order valence-corrected chi connectivity index (χ0v) is 22.5. The molecule has 188 valence electrons. The Morgan fingerprint density at radius 3 is 2.38 bits per heavy atom. The first-order valence-electron chi connectivity index (χ1n) is 11.8. The van der Waals surface area contributed by atoms with Crippen LogP contribution in [0.4, 0.5) is 10.5 Å². The largest absolute Gasteiger partial charge is 0.487 e. The van der Waals surface area contributed by atoms with Crippen molar-refractivity contribution in [1.29, 1.82) is 0 Å². The van der Waals surface area contributed by atoms with Crippen LogP contribution >= 0.6 is 15.9 Å². The number of benzene rings is 3. The van der Waals surface area contributed by atoms with Crippen molar-refractivity contribution in [2.45, 2.75) is 33.8 Å². The Labute approximate surface area is 224 Å². The molecule has 0 unspecified atom stereocenters. The number of carbonyl (C=O) groups is 3. The number of amides is 4. The summed E-state index contributed by atoms with van der Waals surface area (Å²) in [5, 5.41) is 2.28. The van der Waals surface area contributed by atoms with Crippen LogP contribution < -0.4 is 15.0 Å². The van der Waals surface area contributed by atoms with E-state index in [9.17, 15) is 14.4 Å². The van der Waals surface area contributed by atoms with Crippen molar-refractivity contribution >= 4 is 45.5 Å². The number of ether oxygens (including phenoxy) is 1. The lowest BCUT2D eigenvalue weighted by molar-refractivity contribution is -0.122. The van der Waals surface area contributed by atoms with E-state index < -0.39 is 17.8 Å². The predicted molar refractivity (Wildman–Crippen MR) is 148 cm³/mol. The molecular formula is C30H27BrN2O4. The normalized spacial score (nSPS) is 14.6. The number of imide groups is 2. The fraction of sp³-hybridized carbons (Fsp3) is 0.167. The molecule has 4 amide bonds. The summed E-state index contributed by atoms with van der Waals surface area (Å²) in [6, 6.07) is 16.2. The summed E-state index contributed by atoms with van der Waals surface area (Å²) in [4.78, 5) is 39.5. The van der Waals surface area contributed by atoms with E-state index in [1.165, 1.54) is 11.6 Å². The van der Waals surface area contributed by atoms with Crippen molar-refractivity contribution in [2.24, 2.45) is 0 Å². The molecule has 0 atom stereocenters. The standard InChI is InChI=1S/C30H27BrN2O4/c1-5-6-23-14-22(16-26(31)27(23)37-17-21-10-7-18(2)8-11-21)15-25-28(34)32-30(36)33(29(25)35)24-12-9-19(3)20(4)13-24/h5,7-16H,1,6,17H2,2-4H3,(H,32,34,36)/b25-15+. The lowest BCUT2D eigenvalue weighted by atomic mass is 10.0. The van der Waals surface area contributed by atoms with Crippen LogP contribution in [-0.2, 0) is 22.6 Å². The monoisotopic (exact) mass is 558 g/mol. The summed E-state index contributed by atoms with van der Waals surface area (Å²) in [5.74, 6) is -0.761. The summed E-state index contributed by atoms with van der Waals surface area (Å²) < 4.78 is 6.81. The number of nitrogens with zero attached hydrogens (tertiary/aromatic N) is 1. The lowest BCUT2D eigenvalue weighted by Crippen LogP contribution is -2.54. The average Bonchev–Trinajstić information content (AvgIpc) is 2.84. The molecule has 1 heterocycles. The van der Waals surface area contributed by atoms with Gasteiger partial charge in [0.2, 0.25) is 0 Å². The third-order valence-electron chi connectivity index (χ3n) is 6.17. The molecule has 3 aromatic carbocycles. The van der Waals surface area contributed by atoms with Crippen LogP contribution in [0.1, 0.15) is 33.4 Å². The molecule has 6 nitrogen and oxygen atoms in total. The van der Waals surface area contributed by atoms with E-state index in [4.69, 9.17) is 4.74 Å². The molecular weight excluding hydrogens is 532 g/mol. The Hall–Kier alpha value is -3.97. The van der Waals surface area contributed by atoms with Gasteiger partial charge in [0, 0.05) is 0 Å². The van der Waals surface area contributed by atoms with Crippen LogP contribution in [0, 0.1) is 20.8 Å². The van der Waals surface area contributed by atoms with Gasteiger partial charge in [-0.3, -0.25) is 14.9 Å². The van der Waals surface area contributed by atoms with Gasteiger partial charge in [-0.1, -0.05) is 42.0 Å². The van der Waals surface area contributed by atoms with Gasteiger partial charge in [-0.2, -0.15) is 0 Å². The molecule has 0 saturated carbocycles. The molecule has 3 aromatic rings. The molecule has 0 aliphatic carbocycles. The van der Waals surface area contributed by atoms with Gasteiger partial charge in [-0.15, -0.1) is 6.58 Å². The highest BCUT2D eigenvalue weighted by atomic mass is 79.9. The second-order valence-corrected chi connectivity index (χ2v) is 9.84. The highest BCUT2D eigenvalue weighted by molar-refractivity contribution is 9.10. The van der Waals surface area contributed by atoms with Crippen LogP contribution in [-0.4, -0.2) is 17.8 Å². The van der Waals surface area contributed by atoms with Gasteiger partial charge in [0.15, 0.2) is 0 Å². The minimum atomic E-state index is -0.774. The topological polar surface area (TPSA) is 75.7 Å². The molecule has 1 saturated heterocycles. The van der Waals surface area contributed by atoms with Crippen LogP contribution in [0.15, 0.2) is 77.3 Å². The van der Waals surface area contributed by atoms with Crippen LogP contribution in [0.2, 0.25) is 0 Å². The molecule has 1 aliphatic heterocycles. The van der Waals surface area contributed by atoms with Crippen LogP contribution in [0.25, 0.3) is 6.08 Å². The number of hydrogen-bond donors (Lipinski definition) is 1. The van der Waals surface area contributed by atoms with Crippen LogP contribution in [0.3, 0.4) is 0 Å². The van der Waals surface area contributed by atoms with Crippen molar-refractivity contribution < 1.29 is 19.1 Å². The predicted octanol–water partition coefficient (Wildman–Crippen LogP) is 6.35. The number of barbiturate groups is 1. The first-order chi connectivity index (χ1) is 17.7. The van der Waals surface area contributed by atoms with Gasteiger partial charge in [0.25, 0.3) is 11.8 Å². The van der Waals surface area contributed by atoms with E-state index in [0.29, 0.717) is 34.5 Å². The number of carbonyl (C=O) groups excluding carboxylic acids is 3. The maximum atomic E-state index is 13.3. The second kappa shape index (κ2) is 11.0. The Morgan fingerprint density at radius 2 is 1.70 bits per heavy atom. The summed E-state index contributed by atoms with van der Waals surface area (Å²) in [7, 11) is 0. The molecule has 0 spiro atoms. The van der Waals surface area contributed by atoms with Gasteiger partial charge in [0.05, 0.1) is 10.2 Å². The smallest absolute Gasteiger partial charge is 0.335 e. The minimum absolute atomic E-state index is 0.136. The van der Waals surface area contributed by atoms with Gasteiger partial charge in [-0.25, -0.2) is 9.69 Å². The Balaban J connectivity index is 1.66. The third-order valence-corrected chi connectivity index (χ3v) is 6.76. The maximum absolute atomic E-state index is 13.3. The van der Waals surface area contributed by atoms with Crippen molar-refractivity contribution in [3.05, 3.63) is 111 Å². The molecule has 0 radical (unpaired) electrons. The molecule has 0 aromatic heterocycles. The van der Waals surface area contributed by atoms with Crippen molar-refractivity contribution in [2.75, 3.05) is 4.90 Å². The van der Waals surface area contributed by atoms with E-state index >= 15 is 0 Å². The fourth-order valence-corrected chi connectivity index (χ4v) is 4.62. The number of rotatable bonds is 7. The number of halogens is 1. The molecule has 4 rings (SSSR count). The van der Waals surface area contributed by atoms with Crippen LogP contribution in [0.5, 0.6) is 5.75 Å². The lowest BCUT2D eigenvalue weighted by Gasteiger charge is -2.27. The number of hydrogen-bond acceptors (Lipinski definition) is 4. The number of aryl methyl sites for hydroxylation is 3. The SMILES string of the molecule is C=CCc1cc(/C=C2\C(=O)NC(=O)N(c3ccc(C)c(C)c3)C2=O)cc(Br)c1OCc1ccc(C)cc1. The van der Waals surface area contributed by atoms with Gasteiger partial charge < -0.3 is 4.74 Å². The molecule has 7 heteroatoms. The average molecular weight is 559 g/mol. The van der Waals surface area contributed by atoms with Gasteiger partial charge in [-0.05, 0) is 101 Å². The molecule has 37 heavy (non-hydrogen) atoms.